The molecule has 1 aromatic carbocycles. The van der Waals surface area contributed by atoms with Crippen LogP contribution >= 0.6 is 0 Å². The number of esters is 1. The van der Waals surface area contributed by atoms with Crippen LogP contribution in [0, 0.1) is 10.1 Å². The van der Waals surface area contributed by atoms with E-state index in [1.807, 2.05) is 0 Å². The molecule has 0 N–H and O–H groups in total. The van der Waals surface area contributed by atoms with Crippen LogP contribution in [0.1, 0.15) is 10.4 Å². The molecule has 0 saturated carbocycles. The van der Waals surface area contributed by atoms with Gasteiger partial charge in [0.2, 0.25) is 0 Å². The molecule has 0 amide bonds. The van der Waals surface area contributed by atoms with Gasteiger partial charge in [0.15, 0.2) is 0 Å². The predicted octanol–water partition coefficient (Wildman–Crippen LogP) is 1.77. The Morgan fingerprint density at radius 2 is 2.00 bits per heavy atom. The van der Waals surface area contributed by atoms with Gasteiger partial charge < -0.3 is 9.64 Å². The number of nitro groups is 1. The van der Waals surface area contributed by atoms with Crippen LogP contribution in [0.4, 0.5) is 20.2 Å². The normalized spacial score (nSPS) is 15.7. The highest BCUT2D eigenvalue weighted by molar-refractivity contribution is 5.91. The van der Waals surface area contributed by atoms with Crippen LogP contribution in [0.2, 0.25) is 0 Å². The van der Waals surface area contributed by atoms with E-state index in [0.717, 1.165) is 0 Å². The monoisotopic (exact) mass is 329 g/mol. The number of methoxy groups -OCH3 is 1. The van der Waals surface area contributed by atoms with Crippen molar-refractivity contribution in [2.45, 2.75) is 6.43 Å². The molecule has 1 fully saturated rings. The zero-order chi connectivity index (χ0) is 17.0. The van der Waals surface area contributed by atoms with E-state index in [0.29, 0.717) is 31.9 Å². The number of anilines is 1. The second-order valence-electron chi connectivity index (χ2n) is 5.13. The van der Waals surface area contributed by atoms with Crippen molar-refractivity contribution in [2.75, 3.05) is 44.7 Å². The van der Waals surface area contributed by atoms with Gasteiger partial charge in [-0.25, -0.2) is 13.6 Å². The Morgan fingerprint density at radius 3 is 2.52 bits per heavy atom. The molecule has 0 unspecified atom stereocenters. The van der Waals surface area contributed by atoms with Crippen LogP contribution in [0.3, 0.4) is 0 Å². The molecule has 23 heavy (non-hydrogen) atoms. The lowest BCUT2D eigenvalue weighted by Gasteiger charge is -2.35. The van der Waals surface area contributed by atoms with Crippen molar-refractivity contribution < 1.29 is 23.2 Å². The summed E-state index contributed by atoms with van der Waals surface area (Å²) in [6.07, 6.45) is -2.40. The highest BCUT2D eigenvalue weighted by Crippen LogP contribution is 2.30. The van der Waals surface area contributed by atoms with Crippen molar-refractivity contribution in [1.29, 1.82) is 0 Å². The largest absolute Gasteiger partial charge is 0.465 e. The summed E-state index contributed by atoms with van der Waals surface area (Å²) < 4.78 is 29.4. The lowest BCUT2D eigenvalue weighted by Crippen LogP contribution is -2.48. The Labute approximate surface area is 131 Å². The fourth-order valence-electron chi connectivity index (χ4n) is 2.54. The van der Waals surface area contributed by atoms with E-state index in [1.165, 1.54) is 25.3 Å². The molecule has 7 nitrogen and oxygen atoms in total. The van der Waals surface area contributed by atoms with Crippen LogP contribution in [-0.2, 0) is 4.74 Å². The summed E-state index contributed by atoms with van der Waals surface area (Å²) in [5.41, 5.74) is 0.387. The molecule has 0 bridgehead atoms. The summed E-state index contributed by atoms with van der Waals surface area (Å²) in [5, 5.41) is 11.2. The number of benzene rings is 1. The number of halogens is 2. The average molecular weight is 329 g/mol. The molecule has 0 aromatic heterocycles. The van der Waals surface area contributed by atoms with Crippen molar-refractivity contribution in [2.24, 2.45) is 0 Å². The van der Waals surface area contributed by atoms with Crippen molar-refractivity contribution in [3.8, 4) is 0 Å². The van der Waals surface area contributed by atoms with E-state index < -0.39 is 17.3 Å². The van der Waals surface area contributed by atoms with Crippen molar-refractivity contribution in [3.63, 3.8) is 0 Å². The maximum atomic E-state index is 12.4. The number of hydrogen-bond acceptors (Lipinski definition) is 6. The number of rotatable bonds is 5. The molecule has 126 valence electrons. The molecule has 1 heterocycles. The molecule has 0 spiro atoms. The molecule has 9 heteroatoms. The minimum Gasteiger partial charge on any atom is -0.465 e. The lowest BCUT2D eigenvalue weighted by molar-refractivity contribution is -0.384. The summed E-state index contributed by atoms with van der Waals surface area (Å²) in [7, 11) is 1.23. The molecule has 1 aromatic rings. The smallest absolute Gasteiger partial charge is 0.337 e. The SMILES string of the molecule is COC(=O)c1ccc([N+](=O)[O-])c(N2CCN(CC(F)F)CC2)c1. The first-order chi connectivity index (χ1) is 10.9. The van der Waals surface area contributed by atoms with Gasteiger partial charge in [-0.1, -0.05) is 0 Å². The third-order valence-electron chi connectivity index (χ3n) is 3.70. The van der Waals surface area contributed by atoms with Crippen LogP contribution in [0.15, 0.2) is 18.2 Å². The van der Waals surface area contributed by atoms with Crippen LogP contribution < -0.4 is 4.90 Å². The fourth-order valence-corrected chi connectivity index (χ4v) is 2.54. The van der Waals surface area contributed by atoms with Gasteiger partial charge in [-0.15, -0.1) is 0 Å². The van der Waals surface area contributed by atoms with E-state index in [1.54, 1.807) is 9.80 Å². The Kier molecular flexibility index (Phi) is 5.43. The Bertz CT molecular complexity index is 589. The Morgan fingerprint density at radius 1 is 1.35 bits per heavy atom. The third kappa shape index (κ3) is 4.13. The van der Waals surface area contributed by atoms with Gasteiger partial charge in [-0.3, -0.25) is 15.0 Å². The highest BCUT2D eigenvalue weighted by atomic mass is 19.3. The molecule has 0 atom stereocenters. The second-order valence-corrected chi connectivity index (χ2v) is 5.13. The fraction of sp³-hybridized carbons (Fsp3) is 0.500. The minimum absolute atomic E-state index is 0.125. The standard InChI is InChI=1S/C14H17F2N3O4/c1-23-14(20)10-2-3-11(19(21)22)12(8-10)18-6-4-17(5-7-18)9-13(15)16/h2-3,8,13H,4-7,9H2,1H3. The van der Waals surface area contributed by atoms with Crippen molar-refractivity contribution in [3.05, 3.63) is 33.9 Å². The summed E-state index contributed by atoms with van der Waals surface area (Å²) in [6, 6.07) is 4.00. The summed E-state index contributed by atoms with van der Waals surface area (Å²) in [5.74, 6) is -0.586. The van der Waals surface area contributed by atoms with Crippen LogP contribution in [0.5, 0.6) is 0 Å². The van der Waals surface area contributed by atoms with E-state index in [9.17, 15) is 23.7 Å². The van der Waals surface area contributed by atoms with Gasteiger partial charge in [0, 0.05) is 32.2 Å². The molecule has 2 rings (SSSR count). The zero-order valence-corrected chi connectivity index (χ0v) is 12.6. The van der Waals surface area contributed by atoms with E-state index in [-0.39, 0.29) is 17.8 Å². The number of ether oxygens (including phenoxy) is 1. The number of hydrogen-bond donors (Lipinski definition) is 0. The van der Waals surface area contributed by atoms with Gasteiger partial charge in [-0.2, -0.15) is 0 Å². The molecule has 1 saturated heterocycles. The summed E-state index contributed by atoms with van der Waals surface area (Å²) in [4.78, 5) is 25.6. The zero-order valence-electron chi connectivity index (χ0n) is 12.6. The molecular formula is C14H17F2N3O4. The maximum Gasteiger partial charge on any atom is 0.337 e. The Hall–Kier alpha value is -2.29. The number of nitro benzene ring substituents is 1. The summed E-state index contributed by atoms with van der Waals surface area (Å²) in [6.45, 7) is 1.20. The average Bonchev–Trinajstić information content (AvgIpc) is 2.53. The topological polar surface area (TPSA) is 75.9 Å². The first-order valence-electron chi connectivity index (χ1n) is 7.04. The highest BCUT2D eigenvalue weighted by Gasteiger charge is 2.26. The van der Waals surface area contributed by atoms with Crippen molar-refractivity contribution >= 4 is 17.3 Å². The second kappa shape index (κ2) is 7.32. The number of nitrogens with zero attached hydrogens (tertiary/aromatic N) is 3. The molecule has 0 radical (unpaired) electrons. The number of carbonyl (C=O) groups is 1. The van der Waals surface area contributed by atoms with Crippen molar-refractivity contribution in [1.82, 2.24) is 4.90 Å². The third-order valence-corrected chi connectivity index (χ3v) is 3.70. The van der Waals surface area contributed by atoms with E-state index >= 15 is 0 Å². The van der Waals surface area contributed by atoms with Crippen LogP contribution in [0.25, 0.3) is 0 Å². The maximum absolute atomic E-state index is 12.4. The number of carbonyl (C=O) groups excluding carboxylic acids is 1. The molecule has 1 aliphatic rings. The lowest BCUT2D eigenvalue weighted by atomic mass is 10.1. The number of alkyl halides is 2. The van der Waals surface area contributed by atoms with Crippen LogP contribution in [-0.4, -0.2) is 62.1 Å². The van der Waals surface area contributed by atoms with E-state index in [2.05, 4.69) is 4.74 Å². The first-order valence-corrected chi connectivity index (χ1v) is 7.04. The summed E-state index contributed by atoms with van der Waals surface area (Å²) >= 11 is 0. The van der Waals surface area contributed by atoms with Gasteiger partial charge in [-0.05, 0) is 12.1 Å². The molecule has 0 aliphatic carbocycles. The quantitative estimate of drug-likeness (QED) is 0.465. The minimum atomic E-state index is -2.40. The van der Waals surface area contributed by atoms with E-state index in [4.69, 9.17) is 0 Å². The number of piperazine rings is 1. The van der Waals surface area contributed by atoms with Gasteiger partial charge in [0.05, 0.1) is 24.1 Å². The predicted molar refractivity (Wildman–Crippen MR) is 79.1 cm³/mol. The van der Waals surface area contributed by atoms with Gasteiger partial charge in [0.25, 0.3) is 12.1 Å². The van der Waals surface area contributed by atoms with Gasteiger partial charge >= 0.3 is 5.97 Å². The molecule has 1 aliphatic heterocycles. The van der Waals surface area contributed by atoms with Gasteiger partial charge in [0.1, 0.15) is 5.69 Å². The Balaban J connectivity index is 2.20. The first kappa shape index (κ1) is 17.1. The molecular weight excluding hydrogens is 312 g/mol.